The monoisotopic (exact) mass is 418 g/mol. The topological polar surface area (TPSA) is 0 Å². The van der Waals surface area contributed by atoms with Crippen molar-refractivity contribution in [2.24, 2.45) is 11.8 Å². The summed E-state index contributed by atoms with van der Waals surface area (Å²) in [6.07, 6.45) is 12.1. The van der Waals surface area contributed by atoms with E-state index in [1.54, 1.807) is 0 Å². The lowest BCUT2D eigenvalue weighted by Crippen LogP contribution is -2.25. The Kier molecular flexibility index (Phi) is 4.85. The van der Waals surface area contributed by atoms with Gasteiger partial charge in [-0.15, -0.1) is 0 Å². The highest BCUT2D eigenvalue weighted by atomic mass is 127. The van der Waals surface area contributed by atoms with Gasteiger partial charge in [0.2, 0.25) is 0 Å². The molecule has 0 aromatic heterocycles. The number of hydrogen-bond acceptors (Lipinski definition) is 0. The summed E-state index contributed by atoms with van der Waals surface area (Å²) < 4.78 is 1.98. The predicted octanol–water partition coefficient (Wildman–Crippen LogP) is 4.97. The third kappa shape index (κ3) is 3.22. The second-order valence-electron chi connectivity index (χ2n) is 5.02. The van der Waals surface area contributed by atoms with Crippen LogP contribution < -0.4 is 0 Å². The molecule has 2 rings (SSSR count). The second-order valence-corrected chi connectivity index (χ2v) is 8.55. The van der Waals surface area contributed by atoms with Crippen LogP contribution in [0.25, 0.3) is 0 Å². The molecule has 0 N–H and O–H groups in total. The molecule has 0 heterocycles. The Bertz CT molecular complexity index is 145. The molecule has 0 radical (unpaired) electrons. The van der Waals surface area contributed by atoms with E-state index in [4.69, 9.17) is 0 Å². The molecule has 0 aromatic rings. The van der Waals surface area contributed by atoms with Crippen molar-refractivity contribution in [1.82, 2.24) is 0 Å². The maximum atomic E-state index is 2.64. The summed E-state index contributed by atoms with van der Waals surface area (Å²) in [6, 6.07) is 0. The molecule has 0 unspecified atom stereocenters. The zero-order valence-electron chi connectivity index (χ0n) is 8.72. The molecule has 2 saturated carbocycles. The van der Waals surface area contributed by atoms with Gasteiger partial charge >= 0.3 is 0 Å². The highest BCUT2D eigenvalue weighted by Crippen LogP contribution is 2.41. The largest absolute Gasteiger partial charge is 0.0826 e. The van der Waals surface area contributed by atoms with Gasteiger partial charge in [-0.25, -0.2) is 0 Å². The van der Waals surface area contributed by atoms with Crippen molar-refractivity contribution < 1.29 is 0 Å². The Labute approximate surface area is 115 Å². The van der Waals surface area contributed by atoms with Crippen LogP contribution in [0.1, 0.15) is 51.4 Å². The van der Waals surface area contributed by atoms with Crippen molar-refractivity contribution in [3.8, 4) is 0 Å². The molecule has 2 fully saturated rings. The van der Waals surface area contributed by atoms with Crippen molar-refractivity contribution in [2.75, 3.05) is 0 Å². The van der Waals surface area contributed by atoms with E-state index >= 15 is 0 Å². The van der Waals surface area contributed by atoms with Gasteiger partial charge in [-0.3, -0.25) is 0 Å². The fourth-order valence-corrected chi connectivity index (χ4v) is 4.54. The normalized spacial score (nSPS) is 45.0. The summed E-state index contributed by atoms with van der Waals surface area (Å²) in [5.41, 5.74) is 0. The van der Waals surface area contributed by atoms with Crippen LogP contribution in [-0.2, 0) is 0 Å². The molecule has 0 saturated heterocycles. The molecule has 82 valence electrons. The lowest BCUT2D eigenvalue weighted by molar-refractivity contribution is 0.205. The lowest BCUT2D eigenvalue weighted by Gasteiger charge is -2.35. The van der Waals surface area contributed by atoms with E-state index in [9.17, 15) is 0 Å². The van der Waals surface area contributed by atoms with Gasteiger partial charge in [0.25, 0.3) is 0 Å². The minimum absolute atomic E-state index is 0.991. The summed E-state index contributed by atoms with van der Waals surface area (Å²) in [5, 5.41) is 0. The minimum atomic E-state index is 0.991. The molecule has 0 bridgehead atoms. The molecular weight excluding hydrogens is 398 g/mol. The standard InChI is InChI=1S/C12H20I2/c13-11-5-1-9(2-6-11)10-3-7-12(14)8-4-10/h9-12H,1-8H2. The molecule has 14 heavy (non-hydrogen) atoms. The van der Waals surface area contributed by atoms with Gasteiger partial charge in [-0.1, -0.05) is 45.2 Å². The quantitative estimate of drug-likeness (QED) is 0.417. The summed E-state index contributed by atoms with van der Waals surface area (Å²) in [6.45, 7) is 0. The van der Waals surface area contributed by atoms with Gasteiger partial charge in [0.15, 0.2) is 0 Å². The van der Waals surface area contributed by atoms with Gasteiger partial charge in [-0.2, -0.15) is 0 Å². The lowest BCUT2D eigenvalue weighted by atomic mass is 9.73. The van der Waals surface area contributed by atoms with E-state index in [0.29, 0.717) is 0 Å². The molecule has 0 nitrogen and oxygen atoms in total. The van der Waals surface area contributed by atoms with E-state index in [1.807, 2.05) is 0 Å². The zero-order valence-corrected chi connectivity index (χ0v) is 13.0. The number of hydrogen-bond donors (Lipinski definition) is 0. The highest BCUT2D eigenvalue weighted by molar-refractivity contribution is 14.1. The van der Waals surface area contributed by atoms with E-state index in [2.05, 4.69) is 45.2 Å². The maximum Gasteiger partial charge on any atom is 0.0110 e. The Balaban J connectivity index is 1.78. The Morgan fingerprint density at radius 1 is 0.500 bits per heavy atom. The molecule has 2 aliphatic carbocycles. The van der Waals surface area contributed by atoms with Crippen LogP contribution in [-0.4, -0.2) is 7.85 Å². The maximum absolute atomic E-state index is 2.64. The first kappa shape index (κ1) is 11.9. The molecule has 0 amide bonds. The van der Waals surface area contributed by atoms with Crippen LogP contribution in [0.3, 0.4) is 0 Å². The average molecular weight is 418 g/mol. The van der Waals surface area contributed by atoms with Crippen molar-refractivity contribution in [1.29, 1.82) is 0 Å². The van der Waals surface area contributed by atoms with Gasteiger partial charge in [0.05, 0.1) is 0 Å². The Hall–Kier alpha value is 1.46. The summed E-state index contributed by atoms with van der Waals surface area (Å²) in [7, 11) is 0. The number of alkyl halides is 2. The Morgan fingerprint density at radius 2 is 0.786 bits per heavy atom. The highest BCUT2D eigenvalue weighted by Gasteiger charge is 2.29. The van der Waals surface area contributed by atoms with E-state index in [-0.39, 0.29) is 0 Å². The fraction of sp³-hybridized carbons (Fsp3) is 1.00. The summed E-state index contributed by atoms with van der Waals surface area (Å²) in [5.74, 6) is 2.20. The van der Waals surface area contributed by atoms with Crippen molar-refractivity contribution in [2.45, 2.75) is 59.2 Å². The van der Waals surface area contributed by atoms with Crippen molar-refractivity contribution in [3.63, 3.8) is 0 Å². The predicted molar refractivity (Wildman–Crippen MR) is 79.5 cm³/mol. The molecule has 0 atom stereocenters. The second kappa shape index (κ2) is 5.69. The zero-order chi connectivity index (χ0) is 9.97. The van der Waals surface area contributed by atoms with Gasteiger partial charge in [-0.05, 0) is 63.2 Å². The van der Waals surface area contributed by atoms with Crippen LogP contribution in [0.2, 0.25) is 0 Å². The fourth-order valence-electron chi connectivity index (χ4n) is 3.10. The van der Waals surface area contributed by atoms with Crippen molar-refractivity contribution in [3.05, 3.63) is 0 Å². The minimum Gasteiger partial charge on any atom is -0.0826 e. The summed E-state index contributed by atoms with van der Waals surface area (Å²) >= 11 is 5.28. The first-order valence-corrected chi connectivity index (χ1v) is 8.53. The van der Waals surface area contributed by atoms with Crippen molar-refractivity contribution >= 4 is 45.2 Å². The Morgan fingerprint density at radius 3 is 1.07 bits per heavy atom. The van der Waals surface area contributed by atoms with E-state index in [0.717, 1.165) is 19.7 Å². The SMILES string of the molecule is IC1CCC(C2CCC(I)CC2)CC1. The molecule has 2 heteroatoms. The third-order valence-corrected chi connectivity index (χ3v) is 6.56. The van der Waals surface area contributed by atoms with Gasteiger partial charge in [0, 0.05) is 7.85 Å². The van der Waals surface area contributed by atoms with Crippen LogP contribution in [0, 0.1) is 11.8 Å². The van der Waals surface area contributed by atoms with Gasteiger partial charge in [0.1, 0.15) is 0 Å². The number of halogens is 2. The molecule has 0 aliphatic heterocycles. The van der Waals surface area contributed by atoms with Crippen LogP contribution in [0.4, 0.5) is 0 Å². The van der Waals surface area contributed by atoms with E-state index in [1.165, 1.54) is 51.4 Å². The number of rotatable bonds is 1. The van der Waals surface area contributed by atoms with Gasteiger partial charge < -0.3 is 0 Å². The smallest absolute Gasteiger partial charge is 0.0110 e. The van der Waals surface area contributed by atoms with Crippen LogP contribution >= 0.6 is 45.2 Å². The van der Waals surface area contributed by atoms with Crippen LogP contribution in [0.5, 0.6) is 0 Å². The first-order valence-electron chi connectivity index (χ1n) is 6.04. The molecule has 0 spiro atoms. The average Bonchev–Trinajstić information content (AvgIpc) is 2.21. The van der Waals surface area contributed by atoms with Crippen LogP contribution in [0.15, 0.2) is 0 Å². The third-order valence-electron chi connectivity index (χ3n) is 4.07. The molecule has 0 aromatic carbocycles. The van der Waals surface area contributed by atoms with E-state index < -0.39 is 0 Å². The summed E-state index contributed by atoms with van der Waals surface area (Å²) in [4.78, 5) is 0. The molecule has 2 aliphatic rings. The molecular formula is C12H20I2. The first-order chi connectivity index (χ1) is 6.75.